The van der Waals surface area contributed by atoms with Gasteiger partial charge in [-0.2, -0.15) is 0 Å². The van der Waals surface area contributed by atoms with E-state index in [4.69, 9.17) is 9.60 Å². The first-order valence-electron chi connectivity index (χ1n) is 12.0. The average molecular weight is 355 g/mol. The second kappa shape index (κ2) is 6.24. The van der Waals surface area contributed by atoms with Crippen molar-refractivity contribution in [3.63, 3.8) is 0 Å². The van der Waals surface area contributed by atoms with Crippen LogP contribution in [0.2, 0.25) is 0 Å². The fourth-order valence-electron chi connectivity index (χ4n) is 3.71. The summed E-state index contributed by atoms with van der Waals surface area (Å²) in [7, 11) is -1.78. The van der Waals surface area contributed by atoms with E-state index in [1.54, 1.807) is 48.5 Å². The van der Waals surface area contributed by atoms with Gasteiger partial charge in [-0.15, -0.1) is 0 Å². The van der Waals surface area contributed by atoms with Crippen molar-refractivity contribution in [2.75, 3.05) is 0 Å². The highest BCUT2D eigenvalue weighted by molar-refractivity contribution is 6.66. The van der Waals surface area contributed by atoms with Crippen molar-refractivity contribution in [1.29, 1.82) is 0 Å². The molecule has 3 heteroatoms. The van der Waals surface area contributed by atoms with E-state index in [1.807, 2.05) is 0 Å². The van der Waals surface area contributed by atoms with Gasteiger partial charge in [-0.1, -0.05) is 90.8 Å². The monoisotopic (exact) mass is 355 g/mol. The lowest BCUT2D eigenvalue weighted by Crippen LogP contribution is -2.31. The van der Waals surface area contributed by atoms with E-state index in [-0.39, 0.29) is 27.8 Å². The van der Waals surface area contributed by atoms with Crippen molar-refractivity contribution in [3.05, 3.63) is 90.8 Å². The van der Waals surface area contributed by atoms with Gasteiger partial charge in [0.25, 0.3) is 0 Å². The first-order valence-corrected chi connectivity index (χ1v) is 8.46. The van der Waals surface area contributed by atoms with Crippen LogP contribution in [0.1, 0.15) is 9.60 Å². The molecule has 0 aliphatic rings. The van der Waals surface area contributed by atoms with E-state index >= 15 is 0 Å². The van der Waals surface area contributed by atoms with Crippen LogP contribution in [0.25, 0.3) is 43.4 Å². The Labute approximate surface area is 167 Å². The minimum atomic E-state index is -1.78. The summed E-state index contributed by atoms with van der Waals surface area (Å²) in [5, 5.41) is 22.3. The van der Waals surface area contributed by atoms with Gasteiger partial charge in [0, 0.05) is 0 Å². The smallest absolute Gasteiger partial charge is 0.423 e. The Balaban J connectivity index is 2.16. The summed E-state index contributed by atoms with van der Waals surface area (Å²) in [6.07, 6.45) is 0. The number of hydrogen-bond acceptors (Lipinski definition) is 2. The van der Waals surface area contributed by atoms with Gasteiger partial charge in [0.05, 0.1) is 9.60 Å². The molecule has 0 unspecified atom stereocenters. The molecule has 0 fully saturated rings. The van der Waals surface area contributed by atoms with Gasteiger partial charge in [-0.05, 0) is 48.9 Å². The Morgan fingerprint density at radius 2 is 1.19 bits per heavy atom. The van der Waals surface area contributed by atoms with Crippen LogP contribution in [0.4, 0.5) is 0 Å². The van der Waals surface area contributed by atoms with E-state index in [1.165, 1.54) is 0 Å². The average Bonchev–Trinajstić information content (AvgIpc) is 2.83. The minimum absolute atomic E-state index is 0.00963. The predicted molar refractivity (Wildman–Crippen MR) is 114 cm³/mol. The maximum Gasteiger partial charge on any atom is 0.489 e. The predicted octanol–water partition coefficient (Wildman–Crippen LogP) is 4.49. The molecule has 0 heterocycles. The molecule has 5 aromatic carbocycles. The quantitative estimate of drug-likeness (QED) is 0.362. The molecule has 0 saturated heterocycles. The molecule has 0 aromatic heterocycles. The van der Waals surface area contributed by atoms with E-state index in [0.29, 0.717) is 27.1 Å². The maximum absolute atomic E-state index is 10.2. The highest BCUT2D eigenvalue weighted by Gasteiger charge is 2.22. The zero-order valence-corrected chi connectivity index (χ0v) is 14.1. The lowest BCUT2D eigenvalue weighted by Gasteiger charge is -2.18. The molecular weight excluding hydrogens is 331 g/mol. The van der Waals surface area contributed by atoms with E-state index in [0.717, 1.165) is 0 Å². The van der Waals surface area contributed by atoms with Gasteiger partial charge >= 0.3 is 7.12 Å². The molecule has 0 radical (unpaired) electrons. The van der Waals surface area contributed by atoms with Crippen molar-refractivity contribution in [2.45, 2.75) is 0 Å². The first kappa shape index (κ1) is 10.3. The van der Waals surface area contributed by atoms with Crippen LogP contribution in [0, 0.1) is 0 Å². The molecule has 0 aliphatic heterocycles. The second-order valence-electron chi connectivity index (χ2n) is 6.25. The zero-order chi connectivity index (χ0) is 24.5. The lowest BCUT2D eigenvalue weighted by atomic mass is 9.72. The van der Waals surface area contributed by atoms with Crippen molar-refractivity contribution in [2.24, 2.45) is 0 Å². The summed E-state index contributed by atoms with van der Waals surface area (Å²) < 4.78 is 58.9. The third-order valence-electron chi connectivity index (χ3n) is 4.79. The summed E-state index contributed by atoms with van der Waals surface area (Å²) in [6, 6.07) is 10.8. The Hall–Kier alpha value is -3.14. The zero-order valence-electron chi connectivity index (χ0n) is 21.1. The summed E-state index contributed by atoms with van der Waals surface area (Å²) in [5.74, 6) is 0. The topological polar surface area (TPSA) is 40.5 Å². The van der Waals surface area contributed by atoms with Crippen LogP contribution in [-0.4, -0.2) is 17.2 Å². The number of hydrogen-bond donors (Lipinski definition) is 2. The molecule has 0 bridgehead atoms. The Morgan fingerprint density at radius 1 is 0.630 bits per heavy atom. The molecular formula is C24H17BO2. The molecule has 5 aromatic rings. The summed E-state index contributed by atoms with van der Waals surface area (Å²) in [5.41, 5.74) is 0.814. The minimum Gasteiger partial charge on any atom is -0.423 e. The molecule has 128 valence electrons. The van der Waals surface area contributed by atoms with Crippen LogP contribution in [0.3, 0.4) is 0 Å². The highest BCUT2D eigenvalue weighted by atomic mass is 16.4. The van der Waals surface area contributed by atoms with Crippen LogP contribution >= 0.6 is 0 Å². The lowest BCUT2D eigenvalue weighted by molar-refractivity contribution is 0.426. The van der Waals surface area contributed by atoms with Gasteiger partial charge in [-0.3, -0.25) is 0 Å². The summed E-state index contributed by atoms with van der Waals surface area (Å²) in [4.78, 5) is 0. The van der Waals surface area contributed by atoms with Gasteiger partial charge in [0.2, 0.25) is 0 Å². The van der Waals surface area contributed by atoms with Crippen molar-refractivity contribution >= 4 is 44.9 Å². The van der Waals surface area contributed by atoms with Gasteiger partial charge in [-0.25, -0.2) is 0 Å². The molecule has 0 spiro atoms. The van der Waals surface area contributed by atoms with Crippen LogP contribution in [-0.2, 0) is 0 Å². The molecule has 0 aliphatic carbocycles. The Kier molecular flexibility index (Phi) is 2.37. The molecule has 5 rings (SSSR count). The van der Waals surface area contributed by atoms with Gasteiger partial charge < -0.3 is 10.0 Å². The van der Waals surface area contributed by atoms with Crippen molar-refractivity contribution in [1.82, 2.24) is 0 Å². The standard InChI is InChI=1S/C24H17BO2/c26-25(27)24-21-13-5-3-11-19(21)23(20-12-4-6-14-22(20)24)18-15-7-9-16-8-1-2-10-17(16)18/h1-15,26-27H/i1D,2D,7D,8D,9D,10D,15D. The van der Waals surface area contributed by atoms with Crippen LogP contribution < -0.4 is 5.46 Å². The summed E-state index contributed by atoms with van der Waals surface area (Å²) in [6.45, 7) is 0. The fraction of sp³-hybridized carbons (Fsp3) is 0. The van der Waals surface area contributed by atoms with E-state index in [2.05, 4.69) is 0 Å². The fourth-order valence-corrected chi connectivity index (χ4v) is 3.71. The molecule has 2 nitrogen and oxygen atoms in total. The van der Waals surface area contributed by atoms with E-state index < -0.39 is 43.4 Å². The van der Waals surface area contributed by atoms with Crippen molar-refractivity contribution < 1.29 is 19.6 Å². The Bertz CT molecular complexity index is 1600. The highest BCUT2D eigenvalue weighted by Crippen LogP contribution is 2.38. The SMILES string of the molecule is [2H]c1c([2H])c([2H])c2c(-c3c4ccccc4c(B(O)O)c4ccccc34)c([2H])c([2H])c([2H])c2c1[2H]. The molecule has 0 atom stereocenters. The molecule has 2 N–H and O–H groups in total. The maximum atomic E-state index is 10.2. The molecule has 27 heavy (non-hydrogen) atoms. The summed E-state index contributed by atoms with van der Waals surface area (Å²) >= 11 is 0. The van der Waals surface area contributed by atoms with Crippen molar-refractivity contribution in [3.8, 4) is 11.1 Å². The number of rotatable bonds is 2. The Morgan fingerprint density at radius 3 is 1.81 bits per heavy atom. The number of fused-ring (bicyclic) bond motifs is 3. The number of benzene rings is 5. The molecule has 0 amide bonds. The van der Waals surface area contributed by atoms with Gasteiger partial charge in [0.15, 0.2) is 0 Å². The normalized spacial score (nSPS) is 15.0. The second-order valence-corrected chi connectivity index (χ2v) is 6.25. The van der Waals surface area contributed by atoms with Crippen LogP contribution in [0.15, 0.2) is 90.8 Å². The van der Waals surface area contributed by atoms with Gasteiger partial charge in [0.1, 0.15) is 0 Å². The molecule has 0 saturated carbocycles. The first-order chi connectivity index (χ1) is 16.2. The van der Waals surface area contributed by atoms with Crippen LogP contribution in [0.5, 0.6) is 0 Å². The van der Waals surface area contributed by atoms with E-state index in [9.17, 15) is 10.0 Å². The largest absolute Gasteiger partial charge is 0.489 e. The third kappa shape index (κ3) is 2.44. The third-order valence-corrected chi connectivity index (χ3v) is 4.79.